The van der Waals surface area contributed by atoms with Crippen molar-refractivity contribution in [2.45, 2.75) is 52.0 Å². The Kier molecular flexibility index (Phi) is 4.30. The molecule has 2 heterocycles. The highest BCUT2D eigenvalue weighted by Gasteiger charge is 2.40. The molecule has 0 atom stereocenters. The van der Waals surface area contributed by atoms with Crippen LogP contribution in [0.25, 0.3) is 6.08 Å². The van der Waals surface area contributed by atoms with Crippen molar-refractivity contribution < 1.29 is 14.4 Å². The van der Waals surface area contributed by atoms with Gasteiger partial charge in [0, 0.05) is 24.5 Å². The number of hydrogen-bond donors (Lipinski definition) is 1. The predicted octanol–water partition coefficient (Wildman–Crippen LogP) is 2.44. The Balaban J connectivity index is 1.95. The topological polar surface area (TPSA) is 71.4 Å². The summed E-state index contributed by atoms with van der Waals surface area (Å²) in [7, 11) is 1.94. The molecule has 1 saturated heterocycles. The van der Waals surface area contributed by atoms with Crippen LogP contribution in [0.5, 0.6) is 0 Å². The van der Waals surface area contributed by atoms with E-state index >= 15 is 0 Å². The van der Waals surface area contributed by atoms with E-state index in [1.807, 2.05) is 31.5 Å². The average molecular weight is 329 g/mol. The van der Waals surface area contributed by atoms with Crippen LogP contribution >= 0.6 is 0 Å². The number of hydrogen-bond acceptors (Lipinski definition) is 3. The number of carbonyl (C=O) groups excluding carboxylic acids is 3. The lowest BCUT2D eigenvalue weighted by Crippen LogP contribution is -2.58. The zero-order valence-electron chi connectivity index (χ0n) is 14.4. The molecule has 0 radical (unpaired) electrons. The van der Waals surface area contributed by atoms with Gasteiger partial charge in [-0.25, -0.2) is 4.79 Å². The first kappa shape index (κ1) is 16.5. The van der Waals surface area contributed by atoms with Gasteiger partial charge >= 0.3 is 6.03 Å². The van der Waals surface area contributed by atoms with E-state index in [1.54, 1.807) is 6.08 Å². The molecule has 0 bridgehead atoms. The molecule has 1 aromatic heterocycles. The summed E-state index contributed by atoms with van der Waals surface area (Å²) in [5.41, 5.74) is 2.88. The normalized spacial score (nSPS) is 21.5. The number of imide groups is 2. The van der Waals surface area contributed by atoms with Gasteiger partial charge in [-0.3, -0.25) is 19.8 Å². The first-order valence-electron chi connectivity index (χ1n) is 8.43. The molecule has 24 heavy (non-hydrogen) atoms. The van der Waals surface area contributed by atoms with Crippen molar-refractivity contribution in [3.05, 3.63) is 28.6 Å². The molecule has 1 aliphatic heterocycles. The van der Waals surface area contributed by atoms with Crippen LogP contribution in [0.2, 0.25) is 0 Å². The number of aryl methyl sites for hydroxylation is 1. The molecule has 1 saturated carbocycles. The summed E-state index contributed by atoms with van der Waals surface area (Å²) in [5, 5.41) is 2.32. The smallest absolute Gasteiger partial charge is 0.331 e. The SMILES string of the molecule is Cc1cc(C=C2C(=O)NC(=O)N(C3CCCCC3)C2=O)c(C)n1C. The van der Waals surface area contributed by atoms with E-state index in [0.29, 0.717) is 0 Å². The van der Waals surface area contributed by atoms with Crippen molar-refractivity contribution in [2.24, 2.45) is 7.05 Å². The molecule has 2 aliphatic rings. The van der Waals surface area contributed by atoms with Crippen LogP contribution in [-0.4, -0.2) is 33.4 Å². The third kappa shape index (κ3) is 2.77. The van der Waals surface area contributed by atoms with Crippen LogP contribution in [-0.2, 0) is 16.6 Å². The van der Waals surface area contributed by atoms with Crippen LogP contribution in [0.1, 0.15) is 49.1 Å². The number of aromatic nitrogens is 1. The zero-order chi connectivity index (χ0) is 17.4. The van der Waals surface area contributed by atoms with Crippen molar-refractivity contribution in [1.82, 2.24) is 14.8 Å². The summed E-state index contributed by atoms with van der Waals surface area (Å²) in [4.78, 5) is 38.4. The Morgan fingerprint density at radius 1 is 1.12 bits per heavy atom. The number of nitrogens with zero attached hydrogens (tertiary/aromatic N) is 2. The van der Waals surface area contributed by atoms with Crippen molar-refractivity contribution in [2.75, 3.05) is 0 Å². The summed E-state index contributed by atoms with van der Waals surface area (Å²) < 4.78 is 2.00. The monoisotopic (exact) mass is 329 g/mol. The Labute approximate surface area is 141 Å². The van der Waals surface area contributed by atoms with Crippen LogP contribution in [0.3, 0.4) is 0 Å². The fraction of sp³-hybridized carbons (Fsp3) is 0.500. The molecular weight excluding hydrogens is 306 g/mol. The van der Waals surface area contributed by atoms with E-state index in [4.69, 9.17) is 0 Å². The summed E-state index contributed by atoms with van der Waals surface area (Å²) in [6.07, 6.45) is 6.36. The van der Waals surface area contributed by atoms with Gasteiger partial charge in [0.05, 0.1) is 0 Å². The average Bonchev–Trinajstić information content (AvgIpc) is 2.79. The van der Waals surface area contributed by atoms with Crippen LogP contribution in [0.4, 0.5) is 4.79 Å². The lowest BCUT2D eigenvalue weighted by Gasteiger charge is -2.35. The Morgan fingerprint density at radius 2 is 1.79 bits per heavy atom. The molecule has 1 aliphatic carbocycles. The lowest BCUT2D eigenvalue weighted by molar-refractivity contribution is -0.132. The molecule has 1 aromatic rings. The third-order valence-corrected chi connectivity index (χ3v) is 5.19. The third-order valence-electron chi connectivity index (χ3n) is 5.19. The maximum Gasteiger partial charge on any atom is 0.331 e. The van der Waals surface area contributed by atoms with Crippen molar-refractivity contribution in [3.8, 4) is 0 Å². The molecule has 4 amide bonds. The highest BCUT2D eigenvalue weighted by Crippen LogP contribution is 2.27. The van der Waals surface area contributed by atoms with Gasteiger partial charge in [-0.2, -0.15) is 0 Å². The predicted molar refractivity (Wildman–Crippen MR) is 90.1 cm³/mol. The van der Waals surface area contributed by atoms with Gasteiger partial charge in [0.25, 0.3) is 11.8 Å². The Morgan fingerprint density at radius 3 is 2.38 bits per heavy atom. The molecule has 3 rings (SSSR count). The second-order valence-electron chi connectivity index (χ2n) is 6.67. The molecule has 2 fully saturated rings. The minimum absolute atomic E-state index is 0.0360. The molecule has 6 nitrogen and oxygen atoms in total. The minimum Gasteiger partial charge on any atom is -0.352 e. The zero-order valence-corrected chi connectivity index (χ0v) is 14.4. The lowest BCUT2D eigenvalue weighted by atomic mass is 9.93. The highest BCUT2D eigenvalue weighted by atomic mass is 16.2. The first-order chi connectivity index (χ1) is 11.4. The largest absolute Gasteiger partial charge is 0.352 e. The Bertz CT molecular complexity index is 739. The first-order valence-corrected chi connectivity index (χ1v) is 8.43. The summed E-state index contributed by atoms with van der Waals surface area (Å²) >= 11 is 0. The number of carbonyl (C=O) groups is 3. The van der Waals surface area contributed by atoms with E-state index in [1.165, 1.54) is 4.90 Å². The van der Waals surface area contributed by atoms with E-state index in [2.05, 4.69) is 5.32 Å². The highest BCUT2D eigenvalue weighted by molar-refractivity contribution is 6.31. The van der Waals surface area contributed by atoms with Gasteiger partial charge < -0.3 is 4.57 Å². The van der Waals surface area contributed by atoms with Gasteiger partial charge in [0.2, 0.25) is 0 Å². The van der Waals surface area contributed by atoms with Crippen LogP contribution in [0.15, 0.2) is 11.6 Å². The maximum absolute atomic E-state index is 12.8. The van der Waals surface area contributed by atoms with Crippen molar-refractivity contribution in [1.29, 1.82) is 0 Å². The van der Waals surface area contributed by atoms with Gasteiger partial charge in [0.15, 0.2) is 0 Å². The molecule has 1 N–H and O–H groups in total. The van der Waals surface area contributed by atoms with E-state index in [-0.39, 0.29) is 11.6 Å². The second-order valence-corrected chi connectivity index (χ2v) is 6.67. The molecule has 6 heteroatoms. The Hall–Kier alpha value is -2.37. The van der Waals surface area contributed by atoms with Crippen LogP contribution < -0.4 is 5.32 Å². The van der Waals surface area contributed by atoms with Crippen molar-refractivity contribution >= 4 is 23.9 Å². The molecule has 0 aromatic carbocycles. The molecule has 0 spiro atoms. The fourth-order valence-corrected chi connectivity index (χ4v) is 3.53. The number of barbiturate groups is 1. The van der Waals surface area contributed by atoms with E-state index in [0.717, 1.165) is 49.1 Å². The number of urea groups is 1. The maximum atomic E-state index is 12.8. The summed E-state index contributed by atoms with van der Waals surface area (Å²) in [5.74, 6) is -1.09. The standard InChI is InChI=1S/C18H23N3O3/c1-11-9-13(12(2)20(11)3)10-15-16(22)19-18(24)21(17(15)23)14-7-5-4-6-8-14/h9-10,14H,4-8H2,1-3H3,(H,19,22,24). The quantitative estimate of drug-likeness (QED) is 0.669. The van der Waals surface area contributed by atoms with E-state index < -0.39 is 17.8 Å². The molecule has 128 valence electrons. The summed E-state index contributed by atoms with van der Waals surface area (Å²) in [6.45, 7) is 3.91. The second kappa shape index (κ2) is 6.26. The number of nitrogens with one attached hydrogen (secondary N) is 1. The van der Waals surface area contributed by atoms with Gasteiger partial charge in [-0.1, -0.05) is 19.3 Å². The molecule has 0 unspecified atom stereocenters. The minimum atomic E-state index is -0.613. The number of rotatable bonds is 2. The van der Waals surface area contributed by atoms with Gasteiger partial charge in [-0.15, -0.1) is 0 Å². The fourth-order valence-electron chi connectivity index (χ4n) is 3.53. The van der Waals surface area contributed by atoms with Crippen molar-refractivity contribution in [3.63, 3.8) is 0 Å². The summed E-state index contributed by atoms with van der Waals surface area (Å²) in [6, 6.07) is 1.24. The van der Waals surface area contributed by atoms with Gasteiger partial charge in [0.1, 0.15) is 5.57 Å². The van der Waals surface area contributed by atoms with Crippen LogP contribution in [0, 0.1) is 13.8 Å². The van der Waals surface area contributed by atoms with Gasteiger partial charge in [-0.05, 0) is 44.4 Å². The molecular formula is C18H23N3O3. The van der Waals surface area contributed by atoms with E-state index in [9.17, 15) is 14.4 Å². The number of amides is 4.